The van der Waals surface area contributed by atoms with E-state index >= 15 is 0 Å². The Morgan fingerprint density at radius 2 is 1.82 bits per heavy atom. The van der Waals surface area contributed by atoms with Crippen LogP contribution >= 0.6 is 0 Å². The molecule has 0 aromatic carbocycles. The van der Waals surface area contributed by atoms with Crippen LogP contribution in [0.3, 0.4) is 0 Å². The molecule has 3 fully saturated rings. The van der Waals surface area contributed by atoms with Crippen LogP contribution in [-0.2, 0) is 14.4 Å². The zero-order valence-corrected chi connectivity index (χ0v) is 19.8. The van der Waals surface area contributed by atoms with Gasteiger partial charge in [-0.05, 0) is 74.7 Å². The number of fused-ring (bicyclic) bond motifs is 5. The van der Waals surface area contributed by atoms with Crippen molar-refractivity contribution in [3.05, 3.63) is 12.2 Å². The largest absolute Gasteiger partial charge is 0.393 e. The lowest BCUT2D eigenvalue weighted by Gasteiger charge is -2.58. The predicted octanol–water partition coefficient (Wildman–Crippen LogP) is 4.17. The van der Waals surface area contributed by atoms with Crippen molar-refractivity contribution >= 4 is 17.6 Å². The van der Waals surface area contributed by atoms with Gasteiger partial charge in [0.15, 0.2) is 5.78 Å². The van der Waals surface area contributed by atoms with E-state index in [1.165, 1.54) is 0 Å². The van der Waals surface area contributed by atoms with Crippen LogP contribution in [0.15, 0.2) is 12.2 Å². The molecule has 33 heavy (non-hydrogen) atoms. The Kier molecular flexibility index (Phi) is 5.97. The summed E-state index contributed by atoms with van der Waals surface area (Å²) < 4.78 is 39.8. The number of carbonyl (C=O) groups is 3. The highest BCUT2D eigenvalue weighted by atomic mass is 19.4. The first-order chi connectivity index (χ1) is 15.3. The molecule has 8 heteroatoms. The van der Waals surface area contributed by atoms with Gasteiger partial charge in [-0.3, -0.25) is 14.4 Å². The molecule has 2 N–H and O–H groups in total. The number of Topliss-reactive ketones (excluding diaryl/α,β-unsaturated/α-hetero) is 1. The second kappa shape index (κ2) is 8.12. The monoisotopic (exact) mass is 468 g/mol. The molecule has 184 valence electrons. The third kappa shape index (κ3) is 3.91. The van der Waals surface area contributed by atoms with Crippen molar-refractivity contribution in [1.82, 2.24) is 10.6 Å². The molecule has 3 saturated carbocycles. The third-order valence-corrected chi connectivity index (χ3v) is 9.75. The normalized spacial score (nSPS) is 41.8. The van der Waals surface area contributed by atoms with Gasteiger partial charge < -0.3 is 10.6 Å². The first-order valence-corrected chi connectivity index (χ1v) is 12.2. The minimum Gasteiger partial charge on any atom is -0.349 e. The minimum atomic E-state index is -4.55. The average molecular weight is 469 g/mol. The van der Waals surface area contributed by atoms with Gasteiger partial charge in [-0.1, -0.05) is 26.8 Å². The van der Waals surface area contributed by atoms with E-state index in [4.69, 9.17) is 0 Å². The third-order valence-electron chi connectivity index (χ3n) is 9.75. The van der Waals surface area contributed by atoms with Crippen LogP contribution in [0, 0.1) is 40.4 Å². The quantitative estimate of drug-likeness (QED) is 0.650. The second-order valence-corrected chi connectivity index (χ2v) is 11.3. The van der Waals surface area contributed by atoms with Gasteiger partial charge in [0, 0.05) is 17.4 Å². The van der Waals surface area contributed by atoms with E-state index < -0.39 is 35.7 Å². The molecular formula is C25H35F3N2O3. The molecule has 0 aromatic heterocycles. The van der Waals surface area contributed by atoms with E-state index in [9.17, 15) is 27.6 Å². The highest BCUT2D eigenvalue weighted by Gasteiger charge is 2.61. The SMILES string of the molecule is CC(=O)C(NC(=O)C1CC[C@H]2[C@@H]3CCC4NC(=O)C=C[C@]4(C)[C@@H]3CC[C@]12C)C(C)C(F)(F)F. The summed E-state index contributed by atoms with van der Waals surface area (Å²) in [6.07, 6.45) is 4.28. The Morgan fingerprint density at radius 1 is 1.12 bits per heavy atom. The van der Waals surface area contributed by atoms with Crippen molar-refractivity contribution in [2.45, 2.75) is 84.5 Å². The van der Waals surface area contributed by atoms with Gasteiger partial charge in [0.05, 0.1) is 12.0 Å². The predicted molar refractivity (Wildman–Crippen MR) is 117 cm³/mol. The number of carbonyl (C=O) groups excluding carboxylic acids is 3. The molecule has 0 aromatic rings. The number of amides is 2. The van der Waals surface area contributed by atoms with Crippen molar-refractivity contribution < 1.29 is 27.6 Å². The molecule has 4 rings (SSSR count). The van der Waals surface area contributed by atoms with E-state index in [0.29, 0.717) is 24.2 Å². The summed E-state index contributed by atoms with van der Waals surface area (Å²) in [6, 6.07) is -1.43. The number of nitrogens with one attached hydrogen (secondary N) is 2. The molecule has 0 spiro atoms. The van der Waals surface area contributed by atoms with Gasteiger partial charge in [-0.15, -0.1) is 0 Å². The zero-order chi connectivity index (χ0) is 24.3. The molecule has 0 radical (unpaired) electrons. The molecule has 5 nitrogen and oxygen atoms in total. The van der Waals surface area contributed by atoms with Gasteiger partial charge in [0.25, 0.3) is 0 Å². The van der Waals surface area contributed by atoms with Crippen LogP contribution in [0.25, 0.3) is 0 Å². The smallest absolute Gasteiger partial charge is 0.349 e. The summed E-state index contributed by atoms with van der Waals surface area (Å²) in [6.45, 7) is 6.40. The van der Waals surface area contributed by atoms with Crippen molar-refractivity contribution in [1.29, 1.82) is 0 Å². The molecule has 1 heterocycles. The van der Waals surface area contributed by atoms with Gasteiger partial charge in [0.1, 0.15) is 0 Å². The minimum absolute atomic E-state index is 0.0396. The van der Waals surface area contributed by atoms with Gasteiger partial charge in [0.2, 0.25) is 11.8 Å². The summed E-state index contributed by atoms with van der Waals surface area (Å²) in [7, 11) is 0. The topological polar surface area (TPSA) is 75.3 Å². The van der Waals surface area contributed by atoms with Crippen molar-refractivity contribution in [2.24, 2.45) is 40.4 Å². The van der Waals surface area contributed by atoms with Gasteiger partial charge >= 0.3 is 6.18 Å². The summed E-state index contributed by atoms with van der Waals surface area (Å²) in [5.41, 5.74) is -0.404. The summed E-state index contributed by atoms with van der Waals surface area (Å²) >= 11 is 0. The van der Waals surface area contributed by atoms with Crippen LogP contribution in [0.5, 0.6) is 0 Å². The van der Waals surface area contributed by atoms with E-state index in [0.717, 1.165) is 46.0 Å². The Morgan fingerprint density at radius 3 is 2.45 bits per heavy atom. The number of rotatable bonds is 4. The maximum atomic E-state index is 13.3. The van der Waals surface area contributed by atoms with Crippen LogP contribution in [0.1, 0.15) is 66.2 Å². The first-order valence-electron chi connectivity index (χ1n) is 12.2. The Bertz CT molecular complexity index is 871. The summed E-state index contributed by atoms with van der Waals surface area (Å²) in [4.78, 5) is 37.1. The number of hydrogen-bond acceptors (Lipinski definition) is 3. The van der Waals surface area contributed by atoms with E-state index in [1.807, 2.05) is 0 Å². The molecular weight excluding hydrogens is 433 g/mol. The highest BCUT2D eigenvalue weighted by Crippen LogP contribution is 2.65. The van der Waals surface area contributed by atoms with E-state index in [2.05, 4.69) is 30.6 Å². The van der Waals surface area contributed by atoms with Crippen molar-refractivity contribution in [3.8, 4) is 0 Å². The van der Waals surface area contributed by atoms with Crippen LogP contribution in [-0.4, -0.2) is 35.9 Å². The Balaban J connectivity index is 1.53. The molecule has 1 aliphatic heterocycles. The fraction of sp³-hybridized carbons (Fsp3) is 0.800. The highest BCUT2D eigenvalue weighted by molar-refractivity contribution is 5.89. The first kappa shape index (κ1) is 24.3. The number of hydrogen-bond donors (Lipinski definition) is 2. The standard InChI is InChI=1S/C25H35F3N2O3/c1-13(25(26,27)28)21(14(2)31)30-22(33)18-7-6-16-15-5-8-19-24(4,12-10-20(32)29-19)17(15)9-11-23(16,18)3/h10,12-13,15-19,21H,5-9,11H2,1-4H3,(H,29,32)(H,30,33)/t13?,15-,16-,17+,18?,19?,21?,23-,24+/m0/s1. The maximum absolute atomic E-state index is 13.3. The number of ketones is 1. The van der Waals surface area contributed by atoms with Crippen molar-refractivity contribution in [2.75, 3.05) is 0 Å². The lowest BCUT2D eigenvalue weighted by molar-refractivity contribution is -0.180. The zero-order valence-electron chi connectivity index (χ0n) is 19.8. The van der Waals surface area contributed by atoms with Crippen LogP contribution in [0.2, 0.25) is 0 Å². The lowest BCUT2D eigenvalue weighted by atomic mass is 9.48. The number of alkyl halides is 3. The van der Waals surface area contributed by atoms with Gasteiger partial charge in [-0.2, -0.15) is 13.2 Å². The lowest BCUT2D eigenvalue weighted by Crippen LogP contribution is -2.60. The van der Waals surface area contributed by atoms with Crippen LogP contribution in [0.4, 0.5) is 13.2 Å². The van der Waals surface area contributed by atoms with Gasteiger partial charge in [-0.25, -0.2) is 0 Å². The molecule has 0 saturated heterocycles. The Hall–Kier alpha value is -1.86. The summed E-state index contributed by atoms with van der Waals surface area (Å²) in [5, 5.41) is 5.61. The molecule has 0 bridgehead atoms. The number of halogens is 3. The van der Waals surface area contributed by atoms with Crippen molar-refractivity contribution in [3.63, 3.8) is 0 Å². The van der Waals surface area contributed by atoms with Crippen LogP contribution < -0.4 is 10.6 Å². The Labute approximate surface area is 193 Å². The molecule has 9 atom stereocenters. The van der Waals surface area contributed by atoms with E-state index in [1.54, 1.807) is 6.08 Å². The average Bonchev–Trinajstić information content (AvgIpc) is 3.08. The maximum Gasteiger partial charge on any atom is 0.393 e. The molecule has 3 aliphatic carbocycles. The van der Waals surface area contributed by atoms with E-state index in [-0.39, 0.29) is 22.8 Å². The fourth-order valence-corrected chi connectivity index (χ4v) is 7.79. The molecule has 4 unspecified atom stereocenters. The molecule has 2 amide bonds. The second-order valence-electron chi connectivity index (χ2n) is 11.3. The fourth-order valence-electron chi connectivity index (χ4n) is 7.79. The summed E-state index contributed by atoms with van der Waals surface area (Å²) in [5.74, 6) is -2.31. The molecule has 4 aliphatic rings.